The maximum Gasteiger partial charge on any atom is 0.241 e. The minimum Gasteiger partial charge on any atom is -0.338 e. The van der Waals surface area contributed by atoms with Crippen LogP contribution in [0.4, 0.5) is 0 Å². The quantitative estimate of drug-likeness (QED) is 0.646. The predicted molar refractivity (Wildman–Crippen MR) is 90.9 cm³/mol. The summed E-state index contributed by atoms with van der Waals surface area (Å²) in [5.41, 5.74) is 2.21. The highest BCUT2D eigenvalue weighted by molar-refractivity contribution is 7.98. The molecule has 0 aliphatic carbocycles. The maximum atomic E-state index is 5.36. The molecule has 0 saturated carbocycles. The molecule has 118 valence electrons. The van der Waals surface area contributed by atoms with Crippen LogP contribution < -0.4 is 0 Å². The maximum absolute atomic E-state index is 5.36. The Labute approximate surface area is 139 Å². The lowest BCUT2D eigenvalue weighted by Crippen LogP contribution is -2.17. The minimum absolute atomic E-state index is 0.598. The van der Waals surface area contributed by atoms with Crippen LogP contribution in [0.5, 0.6) is 0 Å². The second kappa shape index (κ2) is 7.39. The van der Waals surface area contributed by atoms with Gasteiger partial charge in [0.2, 0.25) is 11.7 Å². The molecule has 0 fully saturated rings. The summed E-state index contributed by atoms with van der Waals surface area (Å²) in [5.74, 6) is 1.21. The number of benzene rings is 1. The lowest BCUT2D eigenvalue weighted by Gasteiger charge is -2.16. The molecule has 0 atom stereocenters. The van der Waals surface area contributed by atoms with Crippen LogP contribution in [-0.2, 0) is 13.1 Å². The van der Waals surface area contributed by atoms with Gasteiger partial charge in [-0.25, -0.2) is 0 Å². The number of hydrogen-bond donors (Lipinski definition) is 0. The van der Waals surface area contributed by atoms with Gasteiger partial charge in [0.1, 0.15) is 0 Å². The van der Waals surface area contributed by atoms with Crippen molar-refractivity contribution in [2.24, 2.45) is 0 Å². The zero-order chi connectivity index (χ0) is 16.1. The zero-order valence-corrected chi connectivity index (χ0v) is 14.0. The van der Waals surface area contributed by atoms with Crippen molar-refractivity contribution in [2.45, 2.75) is 18.0 Å². The zero-order valence-electron chi connectivity index (χ0n) is 13.1. The smallest absolute Gasteiger partial charge is 0.241 e. The fourth-order valence-corrected chi connectivity index (χ4v) is 2.96. The van der Waals surface area contributed by atoms with E-state index < -0.39 is 0 Å². The largest absolute Gasteiger partial charge is 0.338 e. The molecule has 1 aromatic carbocycles. The molecule has 0 bridgehead atoms. The van der Waals surface area contributed by atoms with Crippen LogP contribution in [0.2, 0.25) is 0 Å². The van der Waals surface area contributed by atoms with Crippen molar-refractivity contribution in [2.75, 3.05) is 13.3 Å². The van der Waals surface area contributed by atoms with Crippen molar-refractivity contribution < 1.29 is 4.52 Å². The summed E-state index contributed by atoms with van der Waals surface area (Å²) in [4.78, 5) is 11.9. The van der Waals surface area contributed by atoms with Crippen LogP contribution in [0.3, 0.4) is 0 Å². The molecule has 0 unspecified atom stereocenters. The van der Waals surface area contributed by atoms with E-state index in [2.05, 4.69) is 50.5 Å². The molecule has 0 amide bonds. The summed E-state index contributed by atoms with van der Waals surface area (Å²) in [7, 11) is 2.05. The molecule has 2 aromatic heterocycles. The van der Waals surface area contributed by atoms with Crippen LogP contribution in [0.1, 0.15) is 11.5 Å². The first kappa shape index (κ1) is 15.7. The number of aromatic nitrogens is 3. The first-order chi connectivity index (χ1) is 11.3. The van der Waals surface area contributed by atoms with E-state index in [9.17, 15) is 0 Å². The van der Waals surface area contributed by atoms with Gasteiger partial charge < -0.3 is 4.52 Å². The van der Waals surface area contributed by atoms with Gasteiger partial charge in [-0.2, -0.15) is 4.98 Å². The summed E-state index contributed by atoms with van der Waals surface area (Å²) in [5, 5.41) is 4.04. The lowest BCUT2D eigenvalue weighted by molar-refractivity contribution is 0.259. The number of thioether (sulfide) groups is 1. The molecule has 0 aliphatic rings. The Morgan fingerprint density at radius 1 is 1.09 bits per heavy atom. The molecule has 0 radical (unpaired) electrons. The van der Waals surface area contributed by atoms with E-state index in [1.807, 2.05) is 19.2 Å². The van der Waals surface area contributed by atoms with Gasteiger partial charge in [-0.1, -0.05) is 23.4 Å². The van der Waals surface area contributed by atoms with Crippen molar-refractivity contribution in [3.8, 4) is 11.4 Å². The summed E-state index contributed by atoms with van der Waals surface area (Å²) in [6.07, 6.45) is 5.53. The molecule has 0 spiro atoms. The van der Waals surface area contributed by atoms with Crippen molar-refractivity contribution >= 4 is 11.8 Å². The predicted octanol–water partition coefficient (Wildman–Crippen LogP) is 3.49. The van der Waals surface area contributed by atoms with Crippen molar-refractivity contribution in [1.82, 2.24) is 20.0 Å². The van der Waals surface area contributed by atoms with Gasteiger partial charge in [0.15, 0.2) is 0 Å². The summed E-state index contributed by atoms with van der Waals surface area (Å²) < 4.78 is 5.36. The minimum atomic E-state index is 0.598. The van der Waals surface area contributed by atoms with E-state index in [-0.39, 0.29) is 0 Å². The Morgan fingerprint density at radius 3 is 2.65 bits per heavy atom. The summed E-state index contributed by atoms with van der Waals surface area (Å²) >= 11 is 1.76. The summed E-state index contributed by atoms with van der Waals surface area (Å²) in [6, 6.07) is 12.2. The Hall–Kier alpha value is -2.18. The molecule has 6 heteroatoms. The first-order valence-corrected chi connectivity index (χ1v) is 8.52. The SMILES string of the molecule is CSc1ccccc1CN(C)Cc1nc(-c2ccncc2)no1. The van der Waals surface area contributed by atoms with Gasteiger partial charge >= 0.3 is 0 Å². The van der Waals surface area contributed by atoms with E-state index in [1.54, 1.807) is 24.2 Å². The number of nitrogens with zero attached hydrogens (tertiary/aromatic N) is 4. The first-order valence-electron chi connectivity index (χ1n) is 7.29. The third-order valence-electron chi connectivity index (χ3n) is 3.44. The van der Waals surface area contributed by atoms with Crippen molar-refractivity contribution in [1.29, 1.82) is 0 Å². The van der Waals surface area contributed by atoms with Crippen LogP contribution in [0.25, 0.3) is 11.4 Å². The highest BCUT2D eigenvalue weighted by Crippen LogP contribution is 2.21. The van der Waals surface area contributed by atoms with Crippen LogP contribution >= 0.6 is 11.8 Å². The topological polar surface area (TPSA) is 55.1 Å². The Morgan fingerprint density at radius 2 is 1.87 bits per heavy atom. The third-order valence-corrected chi connectivity index (χ3v) is 4.28. The van der Waals surface area contributed by atoms with E-state index >= 15 is 0 Å². The Bertz CT molecular complexity index is 760. The number of pyridine rings is 1. The molecule has 0 aliphatic heterocycles. The molecule has 23 heavy (non-hydrogen) atoms. The fourth-order valence-electron chi connectivity index (χ4n) is 2.35. The van der Waals surface area contributed by atoms with Crippen LogP contribution in [0, 0.1) is 0 Å². The van der Waals surface area contributed by atoms with E-state index in [0.29, 0.717) is 18.3 Å². The molecule has 0 saturated heterocycles. The van der Waals surface area contributed by atoms with Gasteiger partial charge in [0.25, 0.3) is 0 Å². The summed E-state index contributed by atoms with van der Waals surface area (Å²) in [6.45, 7) is 1.45. The van der Waals surface area contributed by atoms with Crippen molar-refractivity contribution in [3.05, 3.63) is 60.2 Å². The van der Waals surface area contributed by atoms with Crippen LogP contribution in [0.15, 0.2) is 58.2 Å². The number of hydrogen-bond acceptors (Lipinski definition) is 6. The average molecular weight is 326 g/mol. The molecule has 3 rings (SSSR count). The highest BCUT2D eigenvalue weighted by atomic mass is 32.2. The number of rotatable bonds is 6. The van der Waals surface area contributed by atoms with Gasteiger partial charge in [-0.05, 0) is 37.1 Å². The highest BCUT2D eigenvalue weighted by Gasteiger charge is 2.12. The molecular formula is C17H18N4OS. The normalized spacial score (nSPS) is 11.1. The van der Waals surface area contributed by atoms with E-state index in [0.717, 1.165) is 12.1 Å². The second-order valence-electron chi connectivity index (χ2n) is 5.23. The lowest BCUT2D eigenvalue weighted by atomic mass is 10.2. The van der Waals surface area contributed by atoms with E-state index in [1.165, 1.54) is 10.5 Å². The van der Waals surface area contributed by atoms with E-state index in [4.69, 9.17) is 4.52 Å². The van der Waals surface area contributed by atoms with Gasteiger partial charge in [-0.3, -0.25) is 9.88 Å². The monoisotopic (exact) mass is 326 g/mol. The third kappa shape index (κ3) is 3.97. The van der Waals surface area contributed by atoms with Gasteiger partial charge in [-0.15, -0.1) is 11.8 Å². The van der Waals surface area contributed by atoms with Crippen LogP contribution in [-0.4, -0.2) is 33.3 Å². The second-order valence-corrected chi connectivity index (χ2v) is 6.08. The average Bonchev–Trinajstić information content (AvgIpc) is 3.04. The van der Waals surface area contributed by atoms with Gasteiger partial charge in [0, 0.05) is 29.4 Å². The molecule has 5 nitrogen and oxygen atoms in total. The molecule has 3 aromatic rings. The Kier molecular flexibility index (Phi) is 5.05. The standard InChI is InChI=1S/C17H18N4OS/c1-21(11-14-5-3-4-6-15(14)23-2)12-16-19-17(20-22-16)13-7-9-18-10-8-13/h3-10H,11-12H2,1-2H3. The fraction of sp³-hybridized carbons (Fsp3) is 0.235. The Balaban J connectivity index is 1.67. The van der Waals surface area contributed by atoms with Gasteiger partial charge in [0.05, 0.1) is 6.54 Å². The molecule has 2 heterocycles. The molecule has 0 N–H and O–H groups in total. The van der Waals surface area contributed by atoms with Crippen molar-refractivity contribution in [3.63, 3.8) is 0 Å². The molecular weight excluding hydrogens is 308 g/mol.